The average Bonchev–Trinajstić information content (AvgIpc) is 2.92. The van der Waals surface area contributed by atoms with Crippen molar-refractivity contribution in [1.82, 2.24) is 15.4 Å². The van der Waals surface area contributed by atoms with Crippen LogP contribution in [0.2, 0.25) is 0 Å². The van der Waals surface area contributed by atoms with E-state index in [1.165, 1.54) is 11.1 Å². The predicted octanol–water partition coefficient (Wildman–Crippen LogP) is 6.44. The molecule has 0 saturated heterocycles. The van der Waals surface area contributed by atoms with Gasteiger partial charge in [0.1, 0.15) is 0 Å². The van der Waals surface area contributed by atoms with E-state index in [1.54, 1.807) is 30.3 Å². The number of nitrogens with one attached hydrogen (secondary N) is 3. The largest absolute Gasteiger partial charge is 0.416 e. The van der Waals surface area contributed by atoms with Crippen LogP contribution in [0.5, 0.6) is 0 Å². The minimum Gasteiger partial charge on any atom is -0.349 e. The maximum absolute atomic E-state index is 13.3. The molecule has 0 spiro atoms. The van der Waals surface area contributed by atoms with E-state index in [0.717, 1.165) is 56.1 Å². The Kier molecular flexibility index (Phi) is 9.80. The summed E-state index contributed by atoms with van der Waals surface area (Å²) in [4.78, 5) is 12.8. The standard InChI is InChI=1S/C32H38F3N3O3S/c1-31(2,3)21-36-20-22-15-16-27-24(17-22)11-7-14-28(27)37-30(39)19-29(23-9-5-4-6-10-23)38-42(40,41)26-13-8-12-25(18-26)32(33,34)35/h4-6,8-10,12-13,15-18,28-29,36,38H,7,11,14,19-21H2,1-3H3,(H,37,39)/t28-,29-/m1/s1. The van der Waals surface area contributed by atoms with E-state index in [0.29, 0.717) is 11.6 Å². The molecule has 0 unspecified atom stereocenters. The molecule has 10 heteroatoms. The quantitative estimate of drug-likeness (QED) is 0.250. The second kappa shape index (κ2) is 13.0. The number of carbonyl (C=O) groups is 1. The number of amides is 1. The number of alkyl halides is 3. The fourth-order valence-corrected chi connectivity index (χ4v) is 6.43. The van der Waals surface area contributed by atoms with E-state index in [-0.39, 0.29) is 23.8 Å². The summed E-state index contributed by atoms with van der Waals surface area (Å²) in [7, 11) is -4.38. The zero-order valence-electron chi connectivity index (χ0n) is 24.1. The summed E-state index contributed by atoms with van der Waals surface area (Å²) in [5.74, 6) is -0.357. The molecule has 42 heavy (non-hydrogen) atoms. The van der Waals surface area contributed by atoms with Crippen molar-refractivity contribution < 1.29 is 26.4 Å². The highest BCUT2D eigenvalue weighted by molar-refractivity contribution is 7.89. The van der Waals surface area contributed by atoms with Gasteiger partial charge in [0, 0.05) is 19.5 Å². The fourth-order valence-electron chi connectivity index (χ4n) is 5.16. The van der Waals surface area contributed by atoms with Crippen LogP contribution in [-0.2, 0) is 34.0 Å². The molecule has 3 aromatic rings. The first-order chi connectivity index (χ1) is 19.7. The molecule has 0 fully saturated rings. The molecule has 0 heterocycles. The van der Waals surface area contributed by atoms with Gasteiger partial charge in [-0.1, -0.05) is 75.4 Å². The van der Waals surface area contributed by atoms with Crippen LogP contribution < -0.4 is 15.4 Å². The first kappa shape index (κ1) is 31.7. The van der Waals surface area contributed by atoms with E-state index in [2.05, 4.69) is 54.3 Å². The second-order valence-corrected chi connectivity index (χ2v) is 13.7. The third-order valence-corrected chi connectivity index (χ3v) is 8.67. The van der Waals surface area contributed by atoms with Gasteiger partial charge in [-0.25, -0.2) is 13.1 Å². The molecule has 1 aliphatic carbocycles. The van der Waals surface area contributed by atoms with Crippen LogP contribution in [0.3, 0.4) is 0 Å². The smallest absolute Gasteiger partial charge is 0.349 e. The van der Waals surface area contributed by atoms with E-state index in [1.807, 2.05) is 0 Å². The van der Waals surface area contributed by atoms with Gasteiger partial charge in [0.25, 0.3) is 0 Å². The van der Waals surface area contributed by atoms with Crippen LogP contribution in [0.4, 0.5) is 13.2 Å². The zero-order valence-corrected chi connectivity index (χ0v) is 24.9. The van der Waals surface area contributed by atoms with Gasteiger partial charge in [-0.05, 0) is 65.1 Å². The Balaban J connectivity index is 1.48. The highest BCUT2D eigenvalue weighted by Crippen LogP contribution is 2.32. The van der Waals surface area contributed by atoms with Crippen molar-refractivity contribution in [2.75, 3.05) is 6.54 Å². The maximum atomic E-state index is 13.3. The summed E-state index contributed by atoms with van der Waals surface area (Å²) in [6.07, 6.45) is -2.33. The van der Waals surface area contributed by atoms with Gasteiger partial charge in [0.15, 0.2) is 0 Å². The van der Waals surface area contributed by atoms with Crippen molar-refractivity contribution >= 4 is 15.9 Å². The Morgan fingerprint density at radius 3 is 2.40 bits per heavy atom. The first-order valence-corrected chi connectivity index (χ1v) is 15.6. The van der Waals surface area contributed by atoms with Crippen molar-refractivity contribution in [3.63, 3.8) is 0 Å². The Bertz CT molecular complexity index is 1490. The number of benzene rings is 3. The van der Waals surface area contributed by atoms with Crippen molar-refractivity contribution in [2.24, 2.45) is 5.41 Å². The van der Waals surface area contributed by atoms with Crippen molar-refractivity contribution in [1.29, 1.82) is 0 Å². The molecule has 3 N–H and O–H groups in total. The highest BCUT2D eigenvalue weighted by Gasteiger charge is 2.33. The number of hydrogen-bond donors (Lipinski definition) is 3. The number of aryl methyl sites for hydroxylation is 1. The molecular weight excluding hydrogens is 563 g/mol. The molecule has 6 nitrogen and oxygen atoms in total. The van der Waals surface area contributed by atoms with Crippen LogP contribution >= 0.6 is 0 Å². The summed E-state index contributed by atoms with van der Waals surface area (Å²) in [5, 5.41) is 6.56. The van der Waals surface area contributed by atoms with Gasteiger partial charge in [-0.3, -0.25) is 4.79 Å². The average molecular weight is 602 g/mol. The van der Waals surface area contributed by atoms with E-state index < -0.39 is 32.7 Å². The Morgan fingerprint density at radius 2 is 1.71 bits per heavy atom. The summed E-state index contributed by atoms with van der Waals surface area (Å²) < 4.78 is 68.5. The maximum Gasteiger partial charge on any atom is 0.416 e. The van der Waals surface area contributed by atoms with Gasteiger partial charge >= 0.3 is 6.18 Å². The summed E-state index contributed by atoms with van der Waals surface area (Å²) in [6.45, 7) is 8.19. The first-order valence-electron chi connectivity index (χ1n) is 14.1. The van der Waals surface area contributed by atoms with Crippen LogP contribution in [0.1, 0.15) is 79.9 Å². The van der Waals surface area contributed by atoms with Gasteiger partial charge in [-0.15, -0.1) is 0 Å². The molecular formula is C32H38F3N3O3S. The minimum atomic E-state index is -4.69. The van der Waals surface area contributed by atoms with Gasteiger partial charge < -0.3 is 10.6 Å². The monoisotopic (exact) mass is 601 g/mol. The summed E-state index contributed by atoms with van der Waals surface area (Å²) >= 11 is 0. The molecule has 0 aliphatic heterocycles. The topological polar surface area (TPSA) is 87.3 Å². The van der Waals surface area contributed by atoms with Gasteiger partial charge in [0.2, 0.25) is 15.9 Å². The number of rotatable bonds is 10. The number of fused-ring (bicyclic) bond motifs is 1. The number of halogens is 3. The second-order valence-electron chi connectivity index (χ2n) is 12.0. The van der Waals surface area contributed by atoms with E-state index in [4.69, 9.17) is 0 Å². The van der Waals surface area contributed by atoms with Crippen molar-refractivity contribution in [3.8, 4) is 0 Å². The number of carbonyl (C=O) groups excluding carboxylic acids is 1. The molecule has 0 radical (unpaired) electrons. The third-order valence-electron chi connectivity index (χ3n) is 7.20. The lowest BCUT2D eigenvalue weighted by molar-refractivity contribution is -0.137. The molecule has 2 atom stereocenters. The summed E-state index contributed by atoms with van der Waals surface area (Å²) in [6, 6.07) is 17.2. The zero-order chi connectivity index (χ0) is 30.5. The molecule has 0 bridgehead atoms. The molecule has 1 amide bonds. The highest BCUT2D eigenvalue weighted by atomic mass is 32.2. The van der Waals surface area contributed by atoms with Gasteiger partial charge in [-0.2, -0.15) is 13.2 Å². The molecule has 0 saturated carbocycles. The molecule has 3 aromatic carbocycles. The lowest BCUT2D eigenvalue weighted by Gasteiger charge is -2.28. The Hall–Kier alpha value is -3.21. The van der Waals surface area contributed by atoms with Crippen molar-refractivity contribution in [3.05, 3.63) is 101 Å². The third kappa shape index (κ3) is 8.65. The summed E-state index contributed by atoms with van der Waals surface area (Å²) in [5.41, 5.74) is 3.06. The van der Waals surface area contributed by atoms with Crippen LogP contribution in [0.25, 0.3) is 0 Å². The van der Waals surface area contributed by atoms with E-state index in [9.17, 15) is 26.4 Å². The Labute approximate surface area is 246 Å². The molecule has 226 valence electrons. The lowest BCUT2D eigenvalue weighted by atomic mass is 9.86. The predicted molar refractivity (Wildman–Crippen MR) is 157 cm³/mol. The van der Waals surface area contributed by atoms with E-state index >= 15 is 0 Å². The normalized spacial score (nSPS) is 16.5. The van der Waals surface area contributed by atoms with Crippen LogP contribution in [0.15, 0.2) is 77.7 Å². The Morgan fingerprint density at radius 1 is 0.976 bits per heavy atom. The minimum absolute atomic E-state index is 0.183. The van der Waals surface area contributed by atoms with Crippen molar-refractivity contribution in [2.45, 2.75) is 76.2 Å². The lowest BCUT2D eigenvalue weighted by Crippen LogP contribution is -2.36. The van der Waals surface area contributed by atoms with Crippen LogP contribution in [-0.4, -0.2) is 20.9 Å². The SMILES string of the molecule is CC(C)(C)CNCc1ccc2c(c1)CCC[C@H]2NC(=O)C[C@@H](NS(=O)(=O)c1cccc(C(F)(F)F)c1)c1ccccc1. The van der Waals surface area contributed by atoms with Gasteiger partial charge in [0.05, 0.1) is 22.5 Å². The fraction of sp³-hybridized carbons (Fsp3) is 0.406. The molecule has 1 aliphatic rings. The molecule has 4 rings (SSSR count). The molecule has 0 aromatic heterocycles. The number of sulfonamides is 1. The van der Waals surface area contributed by atoms with Crippen LogP contribution in [0, 0.1) is 5.41 Å². The number of hydrogen-bond acceptors (Lipinski definition) is 4.